The second-order valence-corrected chi connectivity index (χ2v) is 5.55. The van der Waals surface area contributed by atoms with Crippen LogP contribution in [0, 0.1) is 6.92 Å². The molecule has 3 aromatic rings. The third-order valence-corrected chi connectivity index (χ3v) is 3.87. The van der Waals surface area contributed by atoms with Gasteiger partial charge >= 0.3 is 0 Å². The molecule has 0 aliphatic heterocycles. The Morgan fingerprint density at radius 3 is 2.19 bits per heavy atom. The van der Waals surface area contributed by atoms with Gasteiger partial charge < -0.3 is 10.3 Å². The van der Waals surface area contributed by atoms with Crippen LogP contribution >= 0.6 is 23.2 Å². The number of aryl methyl sites for hydroxylation is 1. The van der Waals surface area contributed by atoms with Crippen molar-refractivity contribution in [2.24, 2.45) is 0 Å². The lowest BCUT2D eigenvalue weighted by Gasteiger charge is -2.07. The van der Waals surface area contributed by atoms with Crippen molar-refractivity contribution in [2.75, 3.05) is 5.73 Å². The Kier molecular flexibility index (Phi) is 3.62. The first-order valence-electron chi connectivity index (χ1n) is 6.34. The van der Waals surface area contributed by atoms with E-state index in [1.807, 2.05) is 31.2 Å². The van der Waals surface area contributed by atoms with E-state index < -0.39 is 0 Å². The first kappa shape index (κ1) is 14.0. The van der Waals surface area contributed by atoms with E-state index in [9.17, 15) is 0 Å². The van der Waals surface area contributed by atoms with Crippen molar-refractivity contribution in [3.63, 3.8) is 0 Å². The first-order valence-corrected chi connectivity index (χ1v) is 7.10. The molecule has 1 heterocycles. The Morgan fingerprint density at radius 1 is 0.952 bits per heavy atom. The molecular formula is C16H12Cl2N2O. The molecule has 0 amide bonds. The normalized spacial score (nSPS) is 10.8. The molecule has 0 fully saturated rings. The van der Waals surface area contributed by atoms with E-state index in [4.69, 9.17) is 33.5 Å². The summed E-state index contributed by atoms with van der Waals surface area (Å²) in [5.74, 6) is 0.822. The van der Waals surface area contributed by atoms with Gasteiger partial charge in [-0.15, -0.1) is 0 Å². The maximum atomic E-state index is 6.27. The lowest BCUT2D eigenvalue weighted by Crippen LogP contribution is -1.90. The number of hydrogen-bond acceptors (Lipinski definition) is 3. The molecule has 1 aromatic heterocycles. The van der Waals surface area contributed by atoms with Crippen LogP contribution in [0.3, 0.4) is 0 Å². The van der Waals surface area contributed by atoms with Crippen molar-refractivity contribution in [1.82, 2.24) is 5.16 Å². The van der Waals surface area contributed by atoms with E-state index >= 15 is 0 Å². The molecule has 0 bridgehead atoms. The largest absolute Gasteiger partial charge is 0.380 e. The summed E-state index contributed by atoms with van der Waals surface area (Å²) in [6.45, 7) is 2.02. The van der Waals surface area contributed by atoms with Crippen molar-refractivity contribution in [2.45, 2.75) is 6.92 Å². The summed E-state index contributed by atoms with van der Waals surface area (Å²) in [6, 6.07) is 13.2. The number of aromatic nitrogens is 1. The molecule has 0 spiro atoms. The number of benzene rings is 2. The molecule has 0 aliphatic rings. The molecule has 2 N–H and O–H groups in total. The summed E-state index contributed by atoms with van der Waals surface area (Å²) >= 11 is 12.5. The predicted octanol–water partition coefficient (Wildman–Crippen LogP) is 5.21. The molecule has 3 rings (SSSR count). The SMILES string of the molecule is Cc1ccc(-c2onc(N)c2-c2c(Cl)cccc2Cl)cc1. The van der Waals surface area contributed by atoms with Crippen LogP contribution in [-0.2, 0) is 0 Å². The fraction of sp³-hybridized carbons (Fsp3) is 0.0625. The lowest BCUT2D eigenvalue weighted by molar-refractivity contribution is 0.436. The van der Waals surface area contributed by atoms with Crippen molar-refractivity contribution >= 4 is 29.0 Å². The fourth-order valence-electron chi connectivity index (χ4n) is 2.18. The molecule has 0 saturated carbocycles. The van der Waals surface area contributed by atoms with Crippen molar-refractivity contribution < 1.29 is 4.52 Å². The molecule has 0 atom stereocenters. The van der Waals surface area contributed by atoms with Crippen LogP contribution in [0.5, 0.6) is 0 Å². The van der Waals surface area contributed by atoms with Gasteiger partial charge in [0.2, 0.25) is 0 Å². The number of nitrogens with two attached hydrogens (primary N) is 1. The lowest BCUT2D eigenvalue weighted by atomic mass is 10.0. The van der Waals surface area contributed by atoms with Gasteiger partial charge in [-0.1, -0.05) is 64.3 Å². The zero-order valence-electron chi connectivity index (χ0n) is 11.2. The highest BCUT2D eigenvalue weighted by Crippen LogP contribution is 2.43. The van der Waals surface area contributed by atoms with E-state index in [1.165, 1.54) is 0 Å². The standard InChI is InChI=1S/C16H12Cl2N2O/c1-9-5-7-10(8-6-9)15-14(16(19)20-21-15)13-11(17)3-2-4-12(13)18/h2-8H,1H3,(H2,19,20). The minimum absolute atomic E-state index is 0.264. The maximum absolute atomic E-state index is 6.27. The third kappa shape index (κ3) is 2.50. The highest BCUT2D eigenvalue weighted by molar-refractivity contribution is 6.39. The third-order valence-electron chi connectivity index (χ3n) is 3.24. The average molecular weight is 319 g/mol. The second kappa shape index (κ2) is 5.43. The summed E-state index contributed by atoms with van der Waals surface area (Å²) in [4.78, 5) is 0. The Bertz CT molecular complexity index is 774. The Labute approximate surface area is 132 Å². The van der Waals surface area contributed by atoms with E-state index in [0.29, 0.717) is 26.9 Å². The Hall–Kier alpha value is -1.97. The number of nitrogens with zero attached hydrogens (tertiary/aromatic N) is 1. The van der Waals surface area contributed by atoms with Crippen LogP contribution in [-0.4, -0.2) is 5.16 Å². The first-order chi connectivity index (χ1) is 10.1. The van der Waals surface area contributed by atoms with E-state index in [2.05, 4.69) is 5.16 Å². The zero-order valence-corrected chi connectivity index (χ0v) is 12.7. The molecule has 2 aromatic carbocycles. The quantitative estimate of drug-likeness (QED) is 0.706. The van der Waals surface area contributed by atoms with Gasteiger partial charge in [-0.3, -0.25) is 0 Å². The van der Waals surface area contributed by atoms with Crippen LogP contribution in [0.25, 0.3) is 22.5 Å². The van der Waals surface area contributed by atoms with E-state index in [0.717, 1.165) is 11.1 Å². The molecule has 3 nitrogen and oxygen atoms in total. The molecule has 21 heavy (non-hydrogen) atoms. The summed E-state index contributed by atoms with van der Waals surface area (Å²) in [7, 11) is 0. The average Bonchev–Trinajstić information content (AvgIpc) is 2.82. The second-order valence-electron chi connectivity index (χ2n) is 4.73. The summed E-state index contributed by atoms with van der Waals surface area (Å²) in [5, 5.41) is 4.87. The van der Waals surface area contributed by atoms with Crippen LogP contribution in [0.4, 0.5) is 5.82 Å². The number of nitrogen functional groups attached to an aromatic ring is 1. The van der Waals surface area contributed by atoms with Crippen molar-refractivity contribution in [1.29, 1.82) is 0 Å². The van der Waals surface area contributed by atoms with Crippen LogP contribution in [0.2, 0.25) is 10.0 Å². The zero-order chi connectivity index (χ0) is 15.0. The summed E-state index contributed by atoms with van der Waals surface area (Å²) in [5.41, 5.74) is 9.24. The van der Waals surface area contributed by atoms with Gasteiger partial charge in [-0.2, -0.15) is 0 Å². The smallest absolute Gasteiger partial charge is 0.177 e. The maximum Gasteiger partial charge on any atom is 0.177 e. The van der Waals surface area contributed by atoms with Crippen LogP contribution in [0.15, 0.2) is 47.0 Å². The molecule has 0 aliphatic carbocycles. The van der Waals surface area contributed by atoms with Gasteiger partial charge in [-0.05, 0) is 19.1 Å². The topological polar surface area (TPSA) is 52.0 Å². The minimum Gasteiger partial charge on any atom is -0.380 e. The number of anilines is 1. The molecule has 0 radical (unpaired) electrons. The molecule has 0 unspecified atom stereocenters. The summed E-state index contributed by atoms with van der Waals surface area (Å²) < 4.78 is 5.39. The van der Waals surface area contributed by atoms with Gasteiger partial charge in [0.1, 0.15) is 0 Å². The van der Waals surface area contributed by atoms with Gasteiger partial charge in [0.05, 0.1) is 15.6 Å². The Balaban J connectivity index is 2.25. The molecule has 0 saturated heterocycles. The van der Waals surface area contributed by atoms with Gasteiger partial charge in [-0.25, -0.2) is 0 Å². The summed E-state index contributed by atoms with van der Waals surface area (Å²) in [6.07, 6.45) is 0. The van der Waals surface area contributed by atoms with Crippen LogP contribution < -0.4 is 5.73 Å². The minimum atomic E-state index is 0.264. The monoisotopic (exact) mass is 318 g/mol. The number of halogens is 2. The molecule has 106 valence electrons. The highest BCUT2D eigenvalue weighted by atomic mass is 35.5. The van der Waals surface area contributed by atoms with Gasteiger partial charge in [0, 0.05) is 11.1 Å². The van der Waals surface area contributed by atoms with E-state index in [1.54, 1.807) is 18.2 Å². The van der Waals surface area contributed by atoms with Gasteiger partial charge in [0.15, 0.2) is 11.6 Å². The predicted molar refractivity (Wildman–Crippen MR) is 86.5 cm³/mol. The fourth-order valence-corrected chi connectivity index (χ4v) is 2.77. The van der Waals surface area contributed by atoms with Crippen LogP contribution in [0.1, 0.15) is 5.56 Å². The number of hydrogen-bond donors (Lipinski definition) is 1. The van der Waals surface area contributed by atoms with E-state index in [-0.39, 0.29) is 5.82 Å². The highest BCUT2D eigenvalue weighted by Gasteiger charge is 2.21. The van der Waals surface area contributed by atoms with Crippen molar-refractivity contribution in [3.05, 3.63) is 58.1 Å². The number of rotatable bonds is 2. The molecular weight excluding hydrogens is 307 g/mol. The van der Waals surface area contributed by atoms with Gasteiger partial charge in [0.25, 0.3) is 0 Å². The Morgan fingerprint density at radius 2 is 1.57 bits per heavy atom. The molecule has 5 heteroatoms. The van der Waals surface area contributed by atoms with Crippen molar-refractivity contribution in [3.8, 4) is 22.5 Å².